The summed E-state index contributed by atoms with van der Waals surface area (Å²) in [5.74, 6) is 0.313. The Labute approximate surface area is 139 Å². The molecule has 7 nitrogen and oxygen atoms in total. The second kappa shape index (κ2) is 7.59. The van der Waals surface area contributed by atoms with Gasteiger partial charge in [-0.25, -0.2) is 0 Å². The Balaban J connectivity index is 1.73. The number of nitrogens with two attached hydrogens (primary N) is 1. The third-order valence-corrected chi connectivity index (χ3v) is 5.07. The summed E-state index contributed by atoms with van der Waals surface area (Å²) in [6.45, 7) is 8.63. The fourth-order valence-electron chi connectivity index (χ4n) is 3.21. The highest BCUT2D eigenvalue weighted by molar-refractivity contribution is 5.79. The predicted octanol–water partition coefficient (Wildman–Crippen LogP) is -1.11. The summed E-state index contributed by atoms with van der Waals surface area (Å²) in [4.78, 5) is 32.1. The summed E-state index contributed by atoms with van der Waals surface area (Å²) in [5.41, 5.74) is 5.98. The highest BCUT2D eigenvalue weighted by atomic mass is 16.2. The number of piperazine rings is 1. The molecule has 2 saturated heterocycles. The summed E-state index contributed by atoms with van der Waals surface area (Å²) in [6, 6.07) is 0. The number of carbonyl (C=O) groups is 2. The standard InChI is InChI=1S/C16H31N5O2/c1-16(12-17)4-5-20(13-16)11-15(23)21-8-6-19(7-9-21)10-14(22)18(2)3/h4-13,17H2,1-3H3. The summed E-state index contributed by atoms with van der Waals surface area (Å²) >= 11 is 0. The van der Waals surface area contributed by atoms with E-state index in [9.17, 15) is 9.59 Å². The molecule has 7 heteroatoms. The summed E-state index contributed by atoms with van der Waals surface area (Å²) in [5, 5.41) is 0. The van der Waals surface area contributed by atoms with Gasteiger partial charge >= 0.3 is 0 Å². The highest BCUT2D eigenvalue weighted by Gasteiger charge is 2.34. The van der Waals surface area contributed by atoms with Crippen LogP contribution >= 0.6 is 0 Å². The Kier molecular flexibility index (Phi) is 6.00. The summed E-state index contributed by atoms with van der Waals surface area (Å²) < 4.78 is 0. The molecule has 2 heterocycles. The molecule has 0 aliphatic carbocycles. The van der Waals surface area contributed by atoms with Gasteiger partial charge in [-0.15, -0.1) is 0 Å². The van der Waals surface area contributed by atoms with Crippen LogP contribution < -0.4 is 5.73 Å². The first kappa shape index (κ1) is 18.2. The lowest BCUT2D eigenvalue weighted by molar-refractivity contribution is -0.135. The Bertz CT molecular complexity index is 434. The Morgan fingerprint density at radius 2 is 1.70 bits per heavy atom. The lowest BCUT2D eigenvalue weighted by Gasteiger charge is -2.35. The SMILES string of the molecule is CN(C)C(=O)CN1CCN(C(=O)CN2CCC(C)(CN)C2)CC1. The molecular formula is C16H31N5O2. The van der Waals surface area contributed by atoms with Gasteiger partial charge in [0.1, 0.15) is 0 Å². The van der Waals surface area contributed by atoms with E-state index in [1.165, 1.54) is 0 Å². The first-order chi connectivity index (χ1) is 10.8. The normalized spacial score (nSPS) is 26.5. The number of carbonyl (C=O) groups excluding carboxylic acids is 2. The number of hydrogen-bond acceptors (Lipinski definition) is 5. The van der Waals surface area contributed by atoms with Gasteiger partial charge in [0, 0.05) is 46.8 Å². The minimum Gasteiger partial charge on any atom is -0.348 e. The summed E-state index contributed by atoms with van der Waals surface area (Å²) in [7, 11) is 3.54. The predicted molar refractivity (Wildman–Crippen MR) is 89.9 cm³/mol. The zero-order valence-corrected chi connectivity index (χ0v) is 14.8. The number of nitrogens with zero attached hydrogens (tertiary/aromatic N) is 4. The fraction of sp³-hybridized carbons (Fsp3) is 0.875. The van der Waals surface area contributed by atoms with Crippen LogP contribution in [0.5, 0.6) is 0 Å². The number of amides is 2. The topological polar surface area (TPSA) is 73.1 Å². The van der Waals surface area contributed by atoms with E-state index in [2.05, 4.69) is 16.7 Å². The third-order valence-electron chi connectivity index (χ3n) is 5.07. The average Bonchev–Trinajstić information content (AvgIpc) is 2.89. The Morgan fingerprint density at radius 3 is 2.22 bits per heavy atom. The van der Waals surface area contributed by atoms with Crippen LogP contribution in [0.1, 0.15) is 13.3 Å². The molecule has 2 aliphatic heterocycles. The number of rotatable bonds is 5. The van der Waals surface area contributed by atoms with Gasteiger partial charge in [0.25, 0.3) is 0 Å². The Hall–Kier alpha value is -1.18. The van der Waals surface area contributed by atoms with E-state index in [0.29, 0.717) is 32.7 Å². The molecule has 2 rings (SSSR count). The Morgan fingerprint density at radius 1 is 1.04 bits per heavy atom. The monoisotopic (exact) mass is 325 g/mol. The minimum atomic E-state index is 0.114. The van der Waals surface area contributed by atoms with E-state index in [1.54, 1.807) is 19.0 Å². The molecule has 23 heavy (non-hydrogen) atoms. The van der Waals surface area contributed by atoms with Gasteiger partial charge in [-0.2, -0.15) is 0 Å². The molecule has 0 saturated carbocycles. The fourth-order valence-corrected chi connectivity index (χ4v) is 3.21. The van der Waals surface area contributed by atoms with E-state index >= 15 is 0 Å². The van der Waals surface area contributed by atoms with Crippen LogP contribution in [0.25, 0.3) is 0 Å². The molecule has 132 valence electrons. The number of likely N-dealkylation sites (tertiary alicyclic amines) is 1. The molecule has 0 spiro atoms. The van der Waals surface area contributed by atoms with Crippen molar-refractivity contribution in [3.63, 3.8) is 0 Å². The van der Waals surface area contributed by atoms with Crippen molar-refractivity contribution in [1.82, 2.24) is 19.6 Å². The maximum Gasteiger partial charge on any atom is 0.236 e. The maximum absolute atomic E-state index is 12.4. The zero-order chi connectivity index (χ0) is 17.0. The molecule has 0 radical (unpaired) electrons. The van der Waals surface area contributed by atoms with Crippen molar-refractivity contribution in [2.75, 3.05) is 73.0 Å². The van der Waals surface area contributed by atoms with Crippen LogP contribution in [0.3, 0.4) is 0 Å². The molecule has 0 aromatic carbocycles. The highest BCUT2D eigenvalue weighted by Crippen LogP contribution is 2.28. The first-order valence-corrected chi connectivity index (χ1v) is 8.46. The quantitative estimate of drug-likeness (QED) is 0.694. The van der Waals surface area contributed by atoms with Crippen LogP contribution in [0.4, 0.5) is 0 Å². The first-order valence-electron chi connectivity index (χ1n) is 8.46. The van der Waals surface area contributed by atoms with Crippen molar-refractivity contribution in [1.29, 1.82) is 0 Å². The molecule has 2 amide bonds. The average molecular weight is 325 g/mol. The number of likely N-dealkylation sites (N-methyl/N-ethyl adjacent to an activating group) is 1. The van der Waals surface area contributed by atoms with Gasteiger partial charge in [-0.1, -0.05) is 6.92 Å². The van der Waals surface area contributed by atoms with Gasteiger partial charge in [-0.3, -0.25) is 19.4 Å². The lowest BCUT2D eigenvalue weighted by atomic mass is 9.90. The number of hydrogen-bond donors (Lipinski definition) is 1. The van der Waals surface area contributed by atoms with Crippen molar-refractivity contribution >= 4 is 11.8 Å². The van der Waals surface area contributed by atoms with Gasteiger partial charge in [0.15, 0.2) is 0 Å². The molecule has 1 unspecified atom stereocenters. The molecule has 1 atom stereocenters. The smallest absolute Gasteiger partial charge is 0.236 e. The van der Waals surface area contributed by atoms with Gasteiger partial charge in [-0.05, 0) is 24.9 Å². The molecule has 2 aliphatic rings. The summed E-state index contributed by atoms with van der Waals surface area (Å²) in [6.07, 6.45) is 1.07. The largest absolute Gasteiger partial charge is 0.348 e. The van der Waals surface area contributed by atoms with Crippen molar-refractivity contribution in [3.05, 3.63) is 0 Å². The van der Waals surface area contributed by atoms with Crippen LogP contribution in [0.2, 0.25) is 0 Å². The molecule has 0 aromatic rings. The zero-order valence-electron chi connectivity index (χ0n) is 14.8. The van der Waals surface area contributed by atoms with Crippen molar-refractivity contribution in [2.45, 2.75) is 13.3 Å². The maximum atomic E-state index is 12.4. The van der Waals surface area contributed by atoms with Crippen LogP contribution in [0, 0.1) is 5.41 Å². The van der Waals surface area contributed by atoms with E-state index in [0.717, 1.165) is 32.6 Å². The lowest BCUT2D eigenvalue weighted by Crippen LogP contribution is -2.52. The van der Waals surface area contributed by atoms with Crippen LogP contribution in [0.15, 0.2) is 0 Å². The second-order valence-corrected chi connectivity index (χ2v) is 7.42. The van der Waals surface area contributed by atoms with Crippen LogP contribution in [-0.2, 0) is 9.59 Å². The van der Waals surface area contributed by atoms with Gasteiger partial charge < -0.3 is 15.5 Å². The van der Waals surface area contributed by atoms with E-state index in [4.69, 9.17) is 5.73 Å². The van der Waals surface area contributed by atoms with E-state index in [1.807, 2.05) is 4.90 Å². The minimum absolute atomic E-state index is 0.114. The molecule has 0 bridgehead atoms. The van der Waals surface area contributed by atoms with Crippen LogP contribution in [-0.4, -0.2) is 104 Å². The van der Waals surface area contributed by atoms with Crippen molar-refractivity contribution in [2.24, 2.45) is 11.1 Å². The van der Waals surface area contributed by atoms with Gasteiger partial charge in [0.05, 0.1) is 13.1 Å². The van der Waals surface area contributed by atoms with Gasteiger partial charge in [0.2, 0.25) is 11.8 Å². The molecule has 2 N–H and O–H groups in total. The third kappa shape index (κ3) is 4.89. The van der Waals surface area contributed by atoms with Crippen molar-refractivity contribution in [3.8, 4) is 0 Å². The van der Waals surface area contributed by atoms with Crippen molar-refractivity contribution < 1.29 is 9.59 Å². The molecule has 0 aromatic heterocycles. The van der Waals surface area contributed by atoms with E-state index in [-0.39, 0.29) is 17.2 Å². The molecular weight excluding hydrogens is 294 g/mol. The van der Waals surface area contributed by atoms with E-state index < -0.39 is 0 Å². The molecule has 2 fully saturated rings. The second-order valence-electron chi connectivity index (χ2n) is 7.42.